The van der Waals surface area contributed by atoms with E-state index in [1.165, 1.54) is 82.5 Å². The average molecular weight is 594 g/mol. The Bertz CT molecular complexity index is 706. The predicted octanol–water partition coefficient (Wildman–Crippen LogP) is 7.44. The molecule has 0 heterocycles. The van der Waals surface area contributed by atoms with Crippen molar-refractivity contribution in [1.29, 1.82) is 0 Å². The van der Waals surface area contributed by atoms with E-state index in [0.29, 0.717) is 0 Å². The molecule has 0 aliphatic carbocycles. The van der Waals surface area contributed by atoms with Gasteiger partial charge in [-0.1, -0.05) is 76.6 Å². The first-order chi connectivity index (χ1) is 14.8. The number of benzene rings is 2. The Balaban J connectivity index is 0.000000633. The maximum absolute atomic E-state index is 10.7. The van der Waals surface area contributed by atoms with Crippen LogP contribution in [0.1, 0.15) is 76.3 Å². The van der Waals surface area contributed by atoms with E-state index in [4.69, 9.17) is 0 Å². The van der Waals surface area contributed by atoms with Crippen molar-refractivity contribution >= 4 is 7.81 Å². The zero-order valence-electron chi connectivity index (χ0n) is 18.8. The number of rotatable bonds is 12. The van der Waals surface area contributed by atoms with E-state index in [0.717, 1.165) is 0 Å². The van der Waals surface area contributed by atoms with Crippen molar-refractivity contribution in [1.82, 2.24) is 0 Å². The zero-order chi connectivity index (χ0) is 24.2. The molecule has 0 nitrogen and oxygen atoms in total. The second kappa shape index (κ2) is 12.6. The molecule has 8 heteroatoms. The molecule has 32 heavy (non-hydrogen) atoms. The summed E-state index contributed by atoms with van der Waals surface area (Å²) >= 11 is -0.0360. The van der Waals surface area contributed by atoms with Gasteiger partial charge in [0.05, 0.1) is 0 Å². The Morgan fingerprint density at radius 1 is 0.531 bits per heavy atom. The topological polar surface area (TPSA) is 0 Å². The number of hydrogen-bond donors (Lipinski definition) is 0. The third kappa shape index (κ3) is 18.7. The summed E-state index contributed by atoms with van der Waals surface area (Å²) in [6, 6.07) is 18.8. The maximum atomic E-state index is 9.87. The fourth-order valence-electron chi connectivity index (χ4n) is 3.07. The van der Waals surface area contributed by atoms with Gasteiger partial charge in [-0.3, -0.25) is 0 Å². The Morgan fingerprint density at radius 3 is 1.12 bits per heavy atom. The van der Waals surface area contributed by atoms with Crippen molar-refractivity contribution in [3.05, 3.63) is 66.8 Å². The van der Waals surface area contributed by atoms with Gasteiger partial charge in [-0.25, -0.2) is 0 Å². The Labute approximate surface area is 198 Å². The van der Waals surface area contributed by atoms with E-state index in [9.17, 15) is 25.2 Å². The molecule has 0 aromatic heterocycles. The summed E-state index contributed by atoms with van der Waals surface area (Å²) in [4.78, 5) is 0. The van der Waals surface area contributed by atoms with E-state index in [2.05, 4.69) is 62.4 Å². The third-order valence-corrected chi connectivity index (χ3v) is 7.37. The van der Waals surface area contributed by atoms with Crippen molar-refractivity contribution in [2.45, 2.75) is 78.1 Å². The Morgan fingerprint density at radius 2 is 0.844 bits per heavy atom. The summed E-state index contributed by atoms with van der Waals surface area (Å²) in [5.74, 6) is 0. The van der Waals surface area contributed by atoms with Gasteiger partial charge >= 0.3 is 54.2 Å². The summed E-state index contributed by atoms with van der Waals surface area (Å²) in [6.07, 6.45) is 13.3. The van der Waals surface area contributed by atoms with Crippen molar-refractivity contribution in [2.75, 3.05) is 0 Å². The molecule has 0 spiro atoms. The minimum atomic E-state index is -10.7. The predicted molar refractivity (Wildman–Crippen MR) is 120 cm³/mol. The average Bonchev–Trinajstić information content (AvgIpc) is 2.69. The van der Waals surface area contributed by atoms with E-state index in [-0.39, 0.29) is 21.2 Å². The van der Waals surface area contributed by atoms with Gasteiger partial charge in [0.15, 0.2) is 7.14 Å². The second-order valence-electron chi connectivity index (χ2n) is 7.93. The molecule has 0 saturated carbocycles. The monoisotopic (exact) mass is 594 g/mol. The molecule has 0 amide bonds. The van der Waals surface area contributed by atoms with E-state index >= 15 is 0 Å². The van der Waals surface area contributed by atoms with Gasteiger partial charge in [-0.2, -0.15) is 0 Å². The molecule has 0 aliphatic rings. The molecule has 2 rings (SSSR count). The van der Waals surface area contributed by atoms with Crippen molar-refractivity contribution < 1.29 is 46.4 Å². The zero-order valence-corrected chi connectivity index (χ0v) is 21.8. The van der Waals surface area contributed by atoms with Crippen LogP contribution in [0.25, 0.3) is 0 Å². The Hall–Kier alpha value is -0.820. The summed E-state index contributed by atoms with van der Waals surface area (Å²) in [5.41, 5.74) is 3.01. The van der Waals surface area contributed by atoms with Gasteiger partial charge in [0.25, 0.3) is 0 Å². The van der Waals surface area contributed by atoms with Crippen LogP contribution in [0.2, 0.25) is 0 Å². The van der Waals surface area contributed by atoms with E-state index < -0.39 is 7.81 Å². The van der Waals surface area contributed by atoms with Crippen molar-refractivity contribution in [3.63, 3.8) is 0 Å². The number of unbranched alkanes of at least 4 members (excludes halogenated alkanes) is 6. The molecule has 0 bridgehead atoms. The van der Waals surface area contributed by atoms with Crippen molar-refractivity contribution in [3.8, 4) is 0 Å². The van der Waals surface area contributed by atoms with Crippen LogP contribution in [0.4, 0.5) is 25.2 Å². The molecule has 0 atom stereocenters. The van der Waals surface area contributed by atoms with Crippen LogP contribution in [0, 0.1) is 7.14 Å². The molecular formula is C24H34F6IP. The van der Waals surface area contributed by atoms with Crippen LogP contribution in [-0.2, 0) is 12.8 Å². The van der Waals surface area contributed by atoms with Gasteiger partial charge < -0.3 is 0 Å². The van der Waals surface area contributed by atoms with Gasteiger partial charge in [-0.15, -0.1) is 0 Å². The molecule has 0 N–H and O–H groups in total. The summed E-state index contributed by atoms with van der Waals surface area (Å²) < 4.78 is 62.3. The fraction of sp³-hybridized carbons (Fsp3) is 0.500. The first-order valence-electron chi connectivity index (χ1n) is 11.2. The van der Waals surface area contributed by atoms with Gasteiger partial charge in [0.2, 0.25) is 0 Å². The first-order valence-corrected chi connectivity index (χ1v) is 15.3. The summed E-state index contributed by atoms with van der Waals surface area (Å²) in [7, 11) is -10.7. The SMILES string of the molecule is CCCCCCc1ccc([I+]c2ccc(CCCCCC)cc2)cc1.F[P-](F)(F)(F)(F)F. The van der Waals surface area contributed by atoms with Gasteiger partial charge in [0, 0.05) is 0 Å². The van der Waals surface area contributed by atoms with Crippen LogP contribution < -0.4 is 21.2 Å². The number of aryl methyl sites for hydroxylation is 2. The molecule has 2 aromatic rings. The third-order valence-electron chi connectivity index (χ3n) is 4.68. The number of halogens is 7. The standard InChI is InChI=1S/C24H34I.F6P/c1-3-5-7-9-11-21-13-17-23(18-14-21)25-24-19-15-22(16-20-24)12-10-8-6-4-2;1-7(2,3,4,5)6/h13-20H,3-12H2,1-2H3;/q+1;-1. The quantitative estimate of drug-likeness (QED) is 0.104. The molecule has 0 fully saturated rings. The fourth-order valence-corrected chi connectivity index (χ4v) is 5.22. The summed E-state index contributed by atoms with van der Waals surface area (Å²) in [6.45, 7) is 4.55. The Kier molecular flexibility index (Phi) is 11.5. The van der Waals surface area contributed by atoms with E-state index in [1.807, 2.05) is 0 Å². The normalized spacial score (nSPS) is 13.6. The van der Waals surface area contributed by atoms with Crippen molar-refractivity contribution in [2.24, 2.45) is 0 Å². The minimum absolute atomic E-state index is 0.0360. The molecule has 2 aromatic carbocycles. The molecule has 0 saturated heterocycles. The van der Waals surface area contributed by atoms with E-state index in [1.54, 1.807) is 0 Å². The van der Waals surface area contributed by atoms with Crippen LogP contribution in [0.3, 0.4) is 0 Å². The van der Waals surface area contributed by atoms with Crippen LogP contribution in [-0.4, -0.2) is 0 Å². The first kappa shape index (κ1) is 29.2. The molecule has 184 valence electrons. The second-order valence-corrected chi connectivity index (χ2v) is 12.9. The molecule has 0 radical (unpaired) electrons. The van der Waals surface area contributed by atoms with Crippen LogP contribution >= 0.6 is 7.81 Å². The summed E-state index contributed by atoms with van der Waals surface area (Å²) in [5, 5.41) is 0. The van der Waals surface area contributed by atoms with Gasteiger partial charge in [0.1, 0.15) is 0 Å². The molecule has 0 unspecified atom stereocenters. The van der Waals surface area contributed by atoms with Crippen LogP contribution in [0.5, 0.6) is 0 Å². The van der Waals surface area contributed by atoms with Crippen LogP contribution in [0.15, 0.2) is 48.5 Å². The number of hydrogen-bond acceptors (Lipinski definition) is 0. The molecule has 0 aliphatic heterocycles. The van der Waals surface area contributed by atoms with Gasteiger partial charge in [-0.05, 0) is 61.1 Å². The molecular weight excluding hydrogens is 560 g/mol.